The van der Waals surface area contributed by atoms with Gasteiger partial charge in [0.25, 0.3) is 0 Å². The first kappa shape index (κ1) is 11.6. The molecule has 0 N–H and O–H groups in total. The van der Waals surface area contributed by atoms with Crippen molar-refractivity contribution < 1.29 is 0 Å². The molecule has 0 saturated carbocycles. The van der Waals surface area contributed by atoms with Crippen LogP contribution >= 0.6 is 27.7 Å². The molecule has 1 heterocycles. The largest absolute Gasteiger partial charge is 0.297 e. The van der Waals surface area contributed by atoms with Crippen LogP contribution in [0.3, 0.4) is 0 Å². The van der Waals surface area contributed by atoms with Crippen molar-refractivity contribution >= 4 is 27.7 Å². The van der Waals surface area contributed by atoms with Crippen LogP contribution in [0.25, 0.3) is 0 Å². The predicted molar refractivity (Wildman–Crippen MR) is 65.9 cm³/mol. The molecule has 0 bridgehead atoms. The molecule has 0 unspecified atom stereocenters. The number of alkyl halides is 1. The molecule has 13 heavy (non-hydrogen) atoms. The minimum atomic E-state index is 0.421. The van der Waals surface area contributed by atoms with E-state index in [2.05, 4.69) is 53.0 Å². The summed E-state index contributed by atoms with van der Waals surface area (Å²) in [6.07, 6.45) is 0. The van der Waals surface area contributed by atoms with Gasteiger partial charge >= 0.3 is 0 Å². The third-order valence-electron chi connectivity index (χ3n) is 2.14. The summed E-state index contributed by atoms with van der Waals surface area (Å²) in [5.41, 5.74) is 1.28. The topological polar surface area (TPSA) is 3.24 Å². The molecule has 0 radical (unpaired) electrons. The van der Waals surface area contributed by atoms with E-state index in [9.17, 15) is 0 Å². The summed E-state index contributed by atoms with van der Waals surface area (Å²) in [6, 6.07) is 0. The third-order valence-corrected chi connectivity index (χ3v) is 4.23. The van der Waals surface area contributed by atoms with Gasteiger partial charge in [0.2, 0.25) is 0 Å². The first-order chi connectivity index (χ1) is 6.03. The van der Waals surface area contributed by atoms with Gasteiger partial charge < -0.3 is 0 Å². The van der Waals surface area contributed by atoms with Gasteiger partial charge in [-0.15, -0.1) is 0 Å². The zero-order valence-electron chi connectivity index (χ0n) is 8.48. The Morgan fingerprint density at radius 1 is 1.62 bits per heavy atom. The van der Waals surface area contributed by atoms with Crippen LogP contribution < -0.4 is 0 Å². The number of halogens is 1. The smallest absolute Gasteiger partial charge is 0.0251 e. The van der Waals surface area contributed by atoms with E-state index in [1.54, 1.807) is 0 Å². The van der Waals surface area contributed by atoms with Crippen LogP contribution in [0.15, 0.2) is 12.2 Å². The Morgan fingerprint density at radius 2 is 2.31 bits per heavy atom. The lowest BCUT2D eigenvalue weighted by Gasteiger charge is -2.37. The van der Waals surface area contributed by atoms with Crippen molar-refractivity contribution in [2.75, 3.05) is 30.7 Å². The monoisotopic (exact) mass is 263 g/mol. The summed E-state index contributed by atoms with van der Waals surface area (Å²) >= 11 is 5.51. The molecule has 0 aromatic carbocycles. The van der Waals surface area contributed by atoms with E-state index in [0.717, 1.165) is 11.9 Å². The van der Waals surface area contributed by atoms with Crippen LogP contribution in [-0.2, 0) is 0 Å². The Morgan fingerprint density at radius 3 is 2.85 bits per heavy atom. The minimum Gasteiger partial charge on any atom is -0.297 e. The molecule has 0 amide bonds. The Hall–Kier alpha value is 0.530. The molecule has 0 aliphatic carbocycles. The van der Waals surface area contributed by atoms with E-state index in [4.69, 9.17) is 0 Å². The summed E-state index contributed by atoms with van der Waals surface area (Å²) in [4.78, 5) is 2.50. The molecular formula is C10H18BrNS. The number of thioether (sulfide) groups is 1. The van der Waals surface area contributed by atoms with E-state index in [-0.39, 0.29) is 0 Å². The highest BCUT2D eigenvalue weighted by Gasteiger charge is 2.26. The number of hydrogen-bond donors (Lipinski definition) is 0. The van der Waals surface area contributed by atoms with Crippen LogP contribution in [0.2, 0.25) is 0 Å². The fourth-order valence-corrected chi connectivity index (χ4v) is 2.96. The Bertz CT molecular complexity index is 191. The van der Waals surface area contributed by atoms with Gasteiger partial charge in [-0.3, -0.25) is 4.90 Å². The normalized spacial score (nSPS) is 23.0. The highest BCUT2D eigenvalue weighted by Crippen LogP contribution is 2.29. The van der Waals surface area contributed by atoms with Gasteiger partial charge in [-0.05, 0) is 13.8 Å². The average molecular weight is 264 g/mol. The average Bonchev–Trinajstić information content (AvgIpc) is 2.02. The van der Waals surface area contributed by atoms with Gasteiger partial charge in [0.05, 0.1) is 0 Å². The molecule has 1 saturated heterocycles. The summed E-state index contributed by atoms with van der Waals surface area (Å²) < 4.78 is 0.421. The van der Waals surface area contributed by atoms with Gasteiger partial charge in [0.1, 0.15) is 0 Å². The summed E-state index contributed by atoms with van der Waals surface area (Å²) in [7, 11) is 0. The molecule has 0 spiro atoms. The van der Waals surface area contributed by atoms with Gasteiger partial charge in [0.15, 0.2) is 0 Å². The molecule has 1 fully saturated rings. The Labute approximate surface area is 94.1 Å². The van der Waals surface area contributed by atoms with Crippen LogP contribution in [-0.4, -0.2) is 40.4 Å². The van der Waals surface area contributed by atoms with Crippen molar-refractivity contribution in [3.63, 3.8) is 0 Å². The maximum atomic E-state index is 4.02. The van der Waals surface area contributed by atoms with E-state index >= 15 is 0 Å². The molecule has 0 aromatic rings. The van der Waals surface area contributed by atoms with Gasteiger partial charge in [-0.2, -0.15) is 11.8 Å². The number of hydrogen-bond acceptors (Lipinski definition) is 2. The van der Waals surface area contributed by atoms with Crippen LogP contribution in [0.4, 0.5) is 0 Å². The molecule has 3 heteroatoms. The highest BCUT2D eigenvalue weighted by molar-refractivity contribution is 9.09. The second-order valence-electron chi connectivity index (χ2n) is 4.20. The molecule has 1 aliphatic rings. The number of nitrogens with zero attached hydrogens (tertiary/aromatic N) is 1. The third kappa shape index (κ3) is 4.05. The van der Waals surface area contributed by atoms with E-state index in [1.165, 1.54) is 24.4 Å². The quantitative estimate of drug-likeness (QED) is 0.569. The van der Waals surface area contributed by atoms with Crippen molar-refractivity contribution in [1.29, 1.82) is 0 Å². The van der Waals surface area contributed by atoms with Crippen LogP contribution in [0.1, 0.15) is 13.8 Å². The van der Waals surface area contributed by atoms with Crippen molar-refractivity contribution in [2.24, 2.45) is 0 Å². The highest BCUT2D eigenvalue weighted by atomic mass is 79.9. The van der Waals surface area contributed by atoms with Crippen molar-refractivity contribution in [1.82, 2.24) is 4.90 Å². The van der Waals surface area contributed by atoms with Gasteiger partial charge in [0, 0.05) is 35.5 Å². The minimum absolute atomic E-state index is 0.421. The molecular weight excluding hydrogens is 246 g/mol. The van der Waals surface area contributed by atoms with Crippen molar-refractivity contribution in [3.8, 4) is 0 Å². The Balaban J connectivity index is 2.39. The lowest BCUT2D eigenvalue weighted by atomic mass is 10.1. The molecule has 1 rings (SSSR count). The fraction of sp³-hybridized carbons (Fsp3) is 0.800. The molecule has 1 nitrogen and oxygen atoms in total. The second kappa shape index (κ2) is 4.85. The van der Waals surface area contributed by atoms with Gasteiger partial charge in [-0.1, -0.05) is 28.1 Å². The molecule has 0 atom stereocenters. The summed E-state index contributed by atoms with van der Waals surface area (Å²) in [5, 5.41) is 0.928. The molecule has 0 aromatic heterocycles. The van der Waals surface area contributed by atoms with E-state index in [0.29, 0.717) is 4.75 Å². The molecule has 76 valence electrons. The predicted octanol–water partition coefficient (Wildman–Crippen LogP) is 2.76. The summed E-state index contributed by atoms with van der Waals surface area (Å²) in [6.45, 7) is 12.1. The zero-order chi connectivity index (χ0) is 9.90. The summed E-state index contributed by atoms with van der Waals surface area (Å²) in [5.74, 6) is 1.25. The number of rotatable bonds is 3. The molecule has 1 aliphatic heterocycles. The lowest BCUT2D eigenvalue weighted by Crippen LogP contribution is -2.43. The first-order valence-electron chi connectivity index (χ1n) is 4.62. The van der Waals surface area contributed by atoms with Crippen LogP contribution in [0, 0.1) is 0 Å². The van der Waals surface area contributed by atoms with Crippen molar-refractivity contribution in [2.45, 2.75) is 18.6 Å². The second-order valence-corrected chi connectivity index (χ2v) is 6.57. The standard InChI is InChI=1S/C10H18BrNS/c1-9(6-11)7-12-4-5-13-10(2,3)8-12/h1,4-8H2,2-3H3. The zero-order valence-corrected chi connectivity index (χ0v) is 10.9. The van der Waals surface area contributed by atoms with Gasteiger partial charge in [-0.25, -0.2) is 0 Å². The Kier molecular flexibility index (Phi) is 4.33. The maximum absolute atomic E-state index is 4.02. The maximum Gasteiger partial charge on any atom is 0.0251 e. The van der Waals surface area contributed by atoms with E-state index in [1.807, 2.05) is 0 Å². The van der Waals surface area contributed by atoms with Crippen molar-refractivity contribution in [3.05, 3.63) is 12.2 Å². The first-order valence-corrected chi connectivity index (χ1v) is 6.73. The lowest BCUT2D eigenvalue weighted by molar-refractivity contribution is 0.282. The SMILES string of the molecule is C=C(CBr)CN1CCSC(C)(C)C1. The van der Waals surface area contributed by atoms with E-state index < -0.39 is 0 Å². The fourth-order valence-electron chi connectivity index (χ4n) is 1.61. The van der Waals surface area contributed by atoms with Crippen LogP contribution in [0.5, 0.6) is 0 Å².